The van der Waals surface area contributed by atoms with E-state index >= 15 is 0 Å². The van der Waals surface area contributed by atoms with E-state index in [1.165, 1.54) is 29.9 Å². The third-order valence-corrected chi connectivity index (χ3v) is 7.30. The zero-order valence-electron chi connectivity index (χ0n) is 12.4. The van der Waals surface area contributed by atoms with Crippen molar-refractivity contribution in [3.8, 4) is 0 Å². The monoisotopic (exact) mass is 406 g/mol. The smallest absolute Gasteiger partial charge is 0.294 e. The molecule has 10 heteroatoms. The number of ether oxygens (including phenoxy) is 1. The van der Waals surface area contributed by atoms with Crippen molar-refractivity contribution in [1.29, 1.82) is 0 Å². The second-order valence-corrected chi connectivity index (χ2v) is 9.30. The van der Waals surface area contributed by atoms with E-state index in [1.54, 1.807) is 12.1 Å². The average Bonchev–Trinajstić information content (AvgIpc) is 3.10. The van der Waals surface area contributed by atoms with Crippen LogP contribution < -0.4 is 4.80 Å². The molecular formula is C14H12ClFN2O3S3. The topological polar surface area (TPSA) is 60.7 Å². The SMILES string of the molecule is COCCn1/c(=N/S(=O)(=O)c2ccc(Cl)s2)sc2cccc(F)c21. The van der Waals surface area contributed by atoms with Gasteiger partial charge in [-0.15, -0.1) is 15.7 Å². The van der Waals surface area contributed by atoms with Gasteiger partial charge in [-0.2, -0.15) is 8.42 Å². The molecule has 24 heavy (non-hydrogen) atoms. The first-order valence-electron chi connectivity index (χ1n) is 6.75. The molecule has 0 fully saturated rings. The van der Waals surface area contributed by atoms with Crippen molar-refractivity contribution >= 4 is 54.5 Å². The second kappa shape index (κ2) is 6.93. The van der Waals surface area contributed by atoms with E-state index in [0.717, 1.165) is 22.7 Å². The molecule has 0 aliphatic heterocycles. The number of methoxy groups -OCH3 is 1. The van der Waals surface area contributed by atoms with Crippen LogP contribution in [0.3, 0.4) is 0 Å². The van der Waals surface area contributed by atoms with Crippen LogP contribution in [0.2, 0.25) is 4.34 Å². The highest BCUT2D eigenvalue weighted by Gasteiger charge is 2.18. The van der Waals surface area contributed by atoms with E-state index in [0.29, 0.717) is 21.2 Å². The van der Waals surface area contributed by atoms with Crippen molar-refractivity contribution in [2.24, 2.45) is 4.40 Å². The Morgan fingerprint density at radius 1 is 1.29 bits per heavy atom. The zero-order chi connectivity index (χ0) is 17.3. The number of sulfonamides is 1. The molecule has 1 aromatic carbocycles. The van der Waals surface area contributed by atoms with Gasteiger partial charge in [0.1, 0.15) is 10.0 Å². The van der Waals surface area contributed by atoms with Gasteiger partial charge in [0.25, 0.3) is 10.0 Å². The van der Waals surface area contributed by atoms with Crippen LogP contribution in [0.15, 0.2) is 38.9 Å². The van der Waals surface area contributed by atoms with E-state index in [-0.39, 0.29) is 15.6 Å². The Bertz CT molecular complexity index is 1050. The van der Waals surface area contributed by atoms with Gasteiger partial charge in [0, 0.05) is 13.7 Å². The van der Waals surface area contributed by atoms with Crippen LogP contribution in [0.5, 0.6) is 0 Å². The Kier molecular flexibility index (Phi) is 5.07. The molecule has 0 saturated carbocycles. The molecule has 0 N–H and O–H groups in total. The summed E-state index contributed by atoms with van der Waals surface area (Å²) in [4.78, 5) is 0.191. The molecule has 0 atom stereocenters. The number of thiazole rings is 1. The number of thiophene rings is 1. The quantitative estimate of drug-likeness (QED) is 0.651. The lowest BCUT2D eigenvalue weighted by Crippen LogP contribution is -2.19. The van der Waals surface area contributed by atoms with Crippen molar-refractivity contribution in [1.82, 2.24) is 4.57 Å². The highest BCUT2D eigenvalue weighted by Crippen LogP contribution is 2.27. The van der Waals surface area contributed by atoms with Gasteiger partial charge in [0.05, 0.1) is 21.2 Å². The number of fused-ring (bicyclic) bond motifs is 1. The number of aromatic nitrogens is 1. The number of nitrogens with zero attached hydrogens (tertiary/aromatic N) is 2. The molecule has 3 aromatic rings. The van der Waals surface area contributed by atoms with Gasteiger partial charge in [-0.25, -0.2) is 4.39 Å². The maximum absolute atomic E-state index is 14.2. The molecule has 0 amide bonds. The lowest BCUT2D eigenvalue weighted by molar-refractivity contribution is 0.187. The fraction of sp³-hybridized carbons (Fsp3) is 0.214. The first-order chi connectivity index (χ1) is 11.4. The molecule has 3 rings (SSSR count). The van der Waals surface area contributed by atoms with Gasteiger partial charge in [-0.3, -0.25) is 0 Å². The van der Waals surface area contributed by atoms with E-state index in [4.69, 9.17) is 16.3 Å². The molecule has 0 bridgehead atoms. The lowest BCUT2D eigenvalue weighted by atomic mass is 10.3. The first kappa shape index (κ1) is 17.6. The highest BCUT2D eigenvalue weighted by molar-refractivity contribution is 7.92. The van der Waals surface area contributed by atoms with Crippen LogP contribution >= 0.6 is 34.3 Å². The van der Waals surface area contributed by atoms with Crippen LogP contribution in [0.1, 0.15) is 0 Å². The van der Waals surface area contributed by atoms with Crippen LogP contribution in [0.25, 0.3) is 10.2 Å². The van der Waals surface area contributed by atoms with Gasteiger partial charge in [-0.05, 0) is 24.3 Å². The maximum atomic E-state index is 14.2. The second-order valence-electron chi connectivity index (χ2n) is 4.74. The van der Waals surface area contributed by atoms with Crippen molar-refractivity contribution in [2.45, 2.75) is 10.8 Å². The highest BCUT2D eigenvalue weighted by atomic mass is 35.5. The Balaban J connectivity index is 2.23. The maximum Gasteiger partial charge on any atom is 0.294 e. The summed E-state index contributed by atoms with van der Waals surface area (Å²) in [5.41, 5.74) is 0.317. The molecule has 2 aromatic heterocycles. The third kappa shape index (κ3) is 3.40. The van der Waals surface area contributed by atoms with Gasteiger partial charge in [0.15, 0.2) is 0 Å². The minimum atomic E-state index is -3.92. The Hall–Kier alpha value is -1.26. The van der Waals surface area contributed by atoms with E-state index in [9.17, 15) is 12.8 Å². The normalized spacial score (nSPS) is 13.0. The summed E-state index contributed by atoms with van der Waals surface area (Å²) < 4.78 is 50.6. The summed E-state index contributed by atoms with van der Waals surface area (Å²) in [5, 5.41) is 0. The van der Waals surface area contributed by atoms with Crippen molar-refractivity contribution in [3.05, 3.63) is 45.3 Å². The van der Waals surface area contributed by atoms with Crippen molar-refractivity contribution in [3.63, 3.8) is 0 Å². The number of rotatable bonds is 5. The molecule has 128 valence electrons. The van der Waals surface area contributed by atoms with E-state index < -0.39 is 15.8 Å². The van der Waals surface area contributed by atoms with Gasteiger partial charge >= 0.3 is 0 Å². The number of halogens is 2. The van der Waals surface area contributed by atoms with E-state index in [2.05, 4.69) is 4.40 Å². The predicted molar refractivity (Wildman–Crippen MR) is 93.7 cm³/mol. The fourth-order valence-corrected chi connectivity index (χ4v) is 5.87. The number of para-hydroxylation sites is 1. The predicted octanol–water partition coefficient (Wildman–Crippen LogP) is 3.49. The lowest BCUT2D eigenvalue weighted by Gasteiger charge is -2.04. The van der Waals surface area contributed by atoms with E-state index in [1.807, 2.05) is 0 Å². The molecule has 0 aliphatic rings. The summed E-state index contributed by atoms with van der Waals surface area (Å²) in [6, 6.07) is 7.53. The molecule has 2 heterocycles. The summed E-state index contributed by atoms with van der Waals surface area (Å²) in [6.45, 7) is 0.592. The summed E-state index contributed by atoms with van der Waals surface area (Å²) in [5.74, 6) is -0.433. The first-order valence-corrected chi connectivity index (χ1v) is 10.2. The van der Waals surface area contributed by atoms with Gasteiger partial charge < -0.3 is 9.30 Å². The molecule has 0 spiro atoms. The van der Waals surface area contributed by atoms with Crippen LogP contribution in [0.4, 0.5) is 4.39 Å². The number of hydrogen-bond acceptors (Lipinski definition) is 5. The molecule has 5 nitrogen and oxygen atoms in total. The molecule has 0 radical (unpaired) electrons. The Morgan fingerprint density at radius 2 is 2.08 bits per heavy atom. The molecule has 0 unspecified atom stereocenters. The van der Waals surface area contributed by atoms with Crippen LogP contribution in [-0.4, -0.2) is 26.7 Å². The third-order valence-electron chi connectivity index (χ3n) is 3.17. The minimum Gasteiger partial charge on any atom is -0.383 e. The van der Waals surface area contributed by atoms with Crippen molar-refractivity contribution < 1.29 is 17.5 Å². The average molecular weight is 407 g/mol. The van der Waals surface area contributed by atoms with Crippen molar-refractivity contribution in [2.75, 3.05) is 13.7 Å². The summed E-state index contributed by atoms with van der Waals surface area (Å²) in [6.07, 6.45) is 0. The van der Waals surface area contributed by atoms with Crippen LogP contribution in [-0.2, 0) is 21.3 Å². The van der Waals surface area contributed by atoms with Gasteiger partial charge in [0.2, 0.25) is 4.80 Å². The molecule has 0 aliphatic carbocycles. The molecular weight excluding hydrogens is 395 g/mol. The fourth-order valence-electron chi connectivity index (χ4n) is 2.13. The van der Waals surface area contributed by atoms with Gasteiger partial charge in [-0.1, -0.05) is 29.0 Å². The van der Waals surface area contributed by atoms with Crippen LogP contribution in [0, 0.1) is 5.82 Å². The Labute approximate surface area is 150 Å². The molecule has 0 saturated heterocycles. The minimum absolute atomic E-state index is 0.0451. The largest absolute Gasteiger partial charge is 0.383 e. The zero-order valence-corrected chi connectivity index (χ0v) is 15.6. The Morgan fingerprint density at radius 3 is 2.75 bits per heavy atom. The summed E-state index contributed by atoms with van der Waals surface area (Å²) >= 11 is 7.84. The standard InChI is InChI=1S/C14H12ClFN2O3S3/c1-21-8-7-18-13-9(16)3-2-4-10(13)22-14(18)17-24(19,20)12-6-5-11(15)23-12/h2-6H,7-8H2,1H3/b17-14-. The number of benzene rings is 1. The summed E-state index contributed by atoms with van der Waals surface area (Å²) in [7, 11) is -2.39. The number of hydrogen-bond donors (Lipinski definition) is 0.